The number of nitrogens with two attached hydrogens (primary N) is 1. The van der Waals surface area contributed by atoms with Gasteiger partial charge in [0, 0.05) is 17.5 Å². The average molecular weight is 347 g/mol. The highest BCUT2D eigenvalue weighted by Crippen LogP contribution is 2.23. The molecule has 0 saturated carbocycles. The van der Waals surface area contributed by atoms with Gasteiger partial charge in [-0.05, 0) is 32.9 Å². The molecule has 2 rings (SSSR count). The van der Waals surface area contributed by atoms with Crippen LogP contribution in [0, 0.1) is 5.41 Å². The Kier molecular flexibility index (Phi) is 5.10. The van der Waals surface area contributed by atoms with E-state index in [2.05, 4.69) is 5.16 Å². The van der Waals surface area contributed by atoms with Gasteiger partial charge >= 0.3 is 11.9 Å². The van der Waals surface area contributed by atoms with Crippen molar-refractivity contribution in [2.45, 2.75) is 45.3 Å². The highest BCUT2D eigenvalue weighted by molar-refractivity contribution is 6.12. The number of carbonyl (C=O) groups is 2. The lowest BCUT2D eigenvalue weighted by molar-refractivity contribution is -0.139. The molecule has 1 heterocycles. The molecule has 0 radical (unpaired) electrons. The molecule has 0 spiro atoms. The number of carbonyl (C=O) groups excluding carboxylic acids is 1. The van der Waals surface area contributed by atoms with Crippen molar-refractivity contribution >= 4 is 23.5 Å². The average Bonchev–Trinajstić information content (AvgIpc) is 2.92. The second kappa shape index (κ2) is 6.92. The SMILES string of the molecule is CC(C)(C)OC(=O)c1ccc(C2=NOC(CC(=O)O)C2)c(C(=N)N)c1. The minimum Gasteiger partial charge on any atom is -0.481 e. The molecule has 0 aromatic heterocycles. The summed E-state index contributed by atoms with van der Waals surface area (Å²) in [6.45, 7) is 5.29. The number of amidine groups is 1. The molecular formula is C17H21N3O5. The van der Waals surface area contributed by atoms with Gasteiger partial charge in [-0.2, -0.15) is 0 Å². The molecule has 0 aliphatic carbocycles. The normalized spacial score (nSPS) is 16.8. The molecule has 8 nitrogen and oxygen atoms in total. The molecule has 0 fully saturated rings. The maximum absolute atomic E-state index is 12.2. The van der Waals surface area contributed by atoms with E-state index >= 15 is 0 Å². The van der Waals surface area contributed by atoms with E-state index in [1.165, 1.54) is 6.07 Å². The van der Waals surface area contributed by atoms with Crippen LogP contribution in [0.1, 0.15) is 55.1 Å². The molecule has 25 heavy (non-hydrogen) atoms. The third-order valence-electron chi connectivity index (χ3n) is 3.39. The van der Waals surface area contributed by atoms with Gasteiger partial charge in [-0.25, -0.2) is 4.79 Å². The molecule has 1 aliphatic rings. The summed E-state index contributed by atoms with van der Waals surface area (Å²) in [7, 11) is 0. The van der Waals surface area contributed by atoms with Crippen molar-refractivity contribution in [3.05, 3.63) is 34.9 Å². The van der Waals surface area contributed by atoms with Crippen LogP contribution in [0.5, 0.6) is 0 Å². The van der Waals surface area contributed by atoms with Crippen LogP contribution in [0.2, 0.25) is 0 Å². The van der Waals surface area contributed by atoms with Crippen LogP contribution in [0.15, 0.2) is 23.4 Å². The number of aliphatic carboxylic acids is 1. The maximum Gasteiger partial charge on any atom is 0.338 e. The summed E-state index contributed by atoms with van der Waals surface area (Å²) < 4.78 is 5.31. The first-order valence-electron chi connectivity index (χ1n) is 7.73. The Hall–Kier alpha value is -2.90. The number of nitrogens with zero attached hydrogens (tertiary/aromatic N) is 1. The minimum atomic E-state index is -0.978. The summed E-state index contributed by atoms with van der Waals surface area (Å²) in [5.41, 5.74) is 6.61. The molecular weight excluding hydrogens is 326 g/mol. The lowest BCUT2D eigenvalue weighted by atomic mass is 9.96. The van der Waals surface area contributed by atoms with E-state index in [4.69, 9.17) is 25.8 Å². The second-order valence-corrected chi connectivity index (χ2v) is 6.74. The first-order chi connectivity index (χ1) is 11.6. The topological polar surface area (TPSA) is 135 Å². The molecule has 1 aliphatic heterocycles. The van der Waals surface area contributed by atoms with E-state index < -0.39 is 23.6 Å². The number of oxime groups is 1. The van der Waals surface area contributed by atoms with Crippen LogP contribution in [0.4, 0.5) is 0 Å². The quantitative estimate of drug-likeness (QED) is 0.423. The number of nitrogen functional groups attached to an aromatic ring is 1. The van der Waals surface area contributed by atoms with Crippen LogP contribution >= 0.6 is 0 Å². The lowest BCUT2D eigenvalue weighted by Gasteiger charge is -2.20. The van der Waals surface area contributed by atoms with Gasteiger partial charge in [0.25, 0.3) is 0 Å². The third-order valence-corrected chi connectivity index (χ3v) is 3.39. The molecule has 8 heteroatoms. The molecule has 1 aromatic carbocycles. The minimum absolute atomic E-state index is 0.168. The first-order valence-corrected chi connectivity index (χ1v) is 7.73. The van der Waals surface area contributed by atoms with E-state index in [9.17, 15) is 9.59 Å². The van der Waals surface area contributed by atoms with Gasteiger partial charge in [-0.1, -0.05) is 11.2 Å². The van der Waals surface area contributed by atoms with Gasteiger partial charge in [-0.3, -0.25) is 10.2 Å². The molecule has 0 bridgehead atoms. The predicted octanol–water partition coefficient (Wildman–Crippen LogP) is 1.89. The smallest absolute Gasteiger partial charge is 0.338 e. The zero-order chi connectivity index (χ0) is 18.8. The van der Waals surface area contributed by atoms with Gasteiger partial charge < -0.3 is 20.4 Å². The van der Waals surface area contributed by atoms with Crippen molar-refractivity contribution in [2.75, 3.05) is 0 Å². The summed E-state index contributed by atoms with van der Waals surface area (Å²) in [4.78, 5) is 28.1. The number of carboxylic acid groups (broad SMARTS) is 1. The number of benzene rings is 1. The van der Waals surface area contributed by atoms with Crippen LogP contribution in [-0.4, -0.2) is 40.3 Å². The fraction of sp³-hybridized carbons (Fsp3) is 0.412. The summed E-state index contributed by atoms with van der Waals surface area (Å²) in [5.74, 6) is -1.73. The third kappa shape index (κ3) is 4.79. The largest absolute Gasteiger partial charge is 0.481 e. The van der Waals surface area contributed by atoms with Crippen molar-refractivity contribution in [1.82, 2.24) is 0 Å². The molecule has 4 N–H and O–H groups in total. The number of nitrogens with one attached hydrogen (secondary N) is 1. The second-order valence-electron chi connectivity index (χ2n) is 6.74. The Balaban J connectivity index is 2.27. The number of rotatable bonds is 5. The van der Waals surface area contributed by atoms with Crippen LogP contribution < -0.4 is 5.73 Å². The van der Waals surface area contributed by atoms with E-state index in [1.807, 2.05) is 0 Å². The fourth-order valence-corrected chi connectivity index (χ4v) is 2.37. The zero-order valence-corrected chi connectivity index (χ0v) is 14.3. The van der Waals surface area contributed by atoms with E-state index in [1.54, 1.807) is 32.9 Å². The molecule has 1 atom stereocenters. The Morgan fingerprint density at radius 3 is 2.68 bits per heavy atom. The van der Waals surface area contributed by atoms with Crippen molar-refractivity contribution in [2.24, 2.45) is 10.9 Å². The van der Waals surface area contributed by atoms with Crippen LogP contribution in [-0.2, 0) is 14.4 Å². The summed E-state index contributed by atoms with van der Waals surface area (Å²) in [5, 5.41) is 20.5. The van der Waals surface area contributed by atoms with E-state index in [-0.39, 0.29) is 17.8 Å². The Labute approximate surface area is 145 Å². The number of hydrogen-bond donors (Lipinski definition) is 3. The molecule has 134 valence electrons. The van der Waals surface area contributed by atoms with Crippen molar-refractivity contribution in [3.63, 3.8) is 0 Å². The van der Waals surface area contributed by atoms with Gasteiger partial charge in [0.15, 0.2) is 0 Å². The van der Waals surface area contributed by atoms with Gasteiger partial charge in [0.2, 0.25) is 0 Å². The van der Waals surface area contributed by atoms with Crippen molar-refractivity contribution in [1.29, 1.82) is 5.41 Å². The Bertz CT molecular complexity index is 749. The summed E-state index contributed by atoms with van der Waals surface area (Å²) >= 11 is 0. The molecule has 1 aromatic rings. The zero-order valence-electron chi connectivity index (χ0n) is 14.3. The number of esters is 1. The monoisotopic (exact) mass is 347 g/mol. The van der Waals surface area contributed by atoms with E-state index in [0.717, 1.165) is 0 Å². The van der Waals surface area contributed by atoms with Crippen molar-refractivity contribution in [3.8, 4) is 0 Å². The van der Waals surface area contributed by atoms with Crippen molar-refractivity contribution < 1.29 is 24.3 Å². The predicted molar refractivity (Wildman–Crippen MR) is 90.9 cm³/mol. The van der Waals surface area contributed by atoms with Gasteiger partial charge in [0.1, 0.15) is 17.5 Å². The summed E-state index contributed by atoms with van der Waals surface area (Å²) in [6, 6.07) is 4.64. The molecule has 1 unspecified atom stereocenters. The number of ether oxygens (including phenoxy) is 1. The number of carboxylic acids is 1. The standard InChI is InChI=1S/C17H21N3O5/c1-17(2,3)24-16(23)9-4-5-11(12(6-9)15(18)19)13-7-10(25-20-13)8-14(21)22/h4-6,10H,7-8H2,1-3H3,(H3,18,19)(H,21,22). The molecule has 0 saturated heterocycles. The Morgan fingerprint density at radius 1 is 1.44 bits per heavy atom. The van der Waals surface area contributed by atoms with Gasteiger partial charge in [0.05, 0.1) is 17.7 Å². The molecule has 0 amide bonds. The maximum atomic E-state index is 12.2. The highest BCUT2D eigenvalue weighted by Gasteiger charge is 2.27. The Morgan fingerprint density at radius 2 is 2.12 bits per heavy atom. The van der Waals surface area contributed by atoms with Crippen LogP contribution in [0.3, 0.4) is 0 Å². The van der Waals surface area contributed by atoms with Gasteiger partial charge in [-0.15, -0.1) is 0 Å². The number of hydrogen-bond acceptors (Lipinski definition) is 6. The van der Waals surface area contributed by atoms with E-state index in [0.29, 0.717) is 23.3 Å². The summed E-state index contributed by atoms with van der Waals surface area (Å²) in [6.07, 6.45) is -0.436. The van der Waals surface area contributed by atoms with Crippen LogP contribution in [0.25, 0.3) is 0 Å². The highest BCUT2D eigenvalue weighted by atomic mass is 16.6. The fourth-order valence-electron chi connectivity index (χ4n) is 2.37. The lowest BCUT2D eigenvalue weighted by Crippen LogP contribution is -2.25. The first kappa shape index (κ1) is 18.4.